The van der Waals surface area contributed by atoms with Crippen LogP contribution in [0.2, 0.25) is 0 Å². The van der Waals surface area contributed by atoms with Crippen molar-refractivity contribution in [2.45, 2.75) is 0 Å². The summed E-state index contributed by atoms with van der Waals surface area (Å²) in [6.45, 7) is 0. The van der Waals surface area contributed by atoms with Crippen molar-refractivity contribution in [1.29, 1.82) is 0 Å². The van der Waals surface area contributed by atoms with Crippen molar-refractivity contribution in [3.8, 4) is 22.3 Å². The van der Waals surface area contributed by atoms with Gasteiger partial charge in [-0.1, -0.05) is 170 Å². The maximum absolute atomic E-state index is 2.34. The van der Waals surface area contributed by atoms with Gasteiger partial charge in [0.2, 0.25) is 0 Å². The second-order valence-electron chi connectivity index (χ2n) is 13.9. The smallest absolute Gasteiger partial charge is 0.0468 e. The van der Waals surface area contributed by atoms with Gasteiger partial charge in [0.1, 0.15) is 0 Å². The van der Waals surface area contributed by atoms with Gasteiger partial charge in [-0.15, -0.1) is 0 Å². The van der Waals surface area contributed by atoms with Crippen molar-refractivity contribution >= 4 is 57.0 Å². The zero-order valence-electron chi connectivity index (χ0n) is 31.0. The molecule has 9 aromatic carbocycles. The fourth-order valence-corrected chi connectivity index (χ4v) is 7.31. The third kappa shape index (κ3) is 7.50. The SMILES string of the molecule is C(=C\c1ccc(N(c2ccccc2)c2ccccc2)cc1)/c1ccc(-c2ccc(N(c3ccc(-c4ccccc4)cc3)c3ccc4ccccc4c3)cc2)cc1. The first-order valence-corrected chi connectivity index (χ1v) is 19.1. The molecule has 0 bridgehead atoms. The van der Waals surface area contributed by atoms with Crippen molar-refractivity contribution in [3.05, 3.63) is 242 Å². The molecule has 0 spiro atoms. The Morgan fingerprint density at radius 1 is 0.232 bits per heavy atom. The average Bonchev–Trinajstić information content (AvgIpc) is 3.28. The van der Waals surface area contributed by atoms with E-state index in [2.05, 4.69) is 252 Å². The predicted octanol–water partition coefficient (Wildman–Crippen LogP) is 15.3. The summed E-state index contributed by atoms with van der Waals surface area (Å²) in [5, 5.41) is 2.45. The quantitative estimate of drug-likeness (QED) is 0.130. The lowest BCUT2D eigenvalue weighted by molar-refractivity contribution is 1.28. The van der Waals surface area contributed by atoms with E-state index < -0.39 is 0 Å². The highest BCUT2D eigenvalue weighted by Gasteiger charge is 2.15. The first-order chi connectivity index (χ1) is 27.7. The fraction of sp³-hybridized carbons (Fsp3) is 0. The van der Waals surface area contributed by atoms with Gasteiger partial charge in [-0.25, -0.2) is 0 Å². The lowest BCUT2D eigenvalue weighted by Crippen LogP contribution is -2.09. The standard InChI is InChI=1S/C54H40N2/c1-4-12-43(13-5-1)46-28-35-52(36-29-46)56(54-39-32-44-14-10-11-15-48(44)40-54)53-37-30-47(31-38-53)45-26-22-41(23-27-45)20-21-42-24-33-51(34-25-42)55(49-16-6-2-7-17-49)50-18-8-3-9-19-50/h1-40H/b21-20+. The third-order valence-electron chi connectivity index (χ3n) is 10.2. The van der Waals surface area contributed by atoms with Gasteiger partial charge in [0.15, 0.2) is 0 Å². The first-order valence-electron chi connectivity index (χ1n) is 19.1. The van der Waals surface area contributed by atoms with Crippen LogP contribution in [-0.4, -0.2) is 0 Å². The minimum atomic E-state index is 1.11. The van der Waals surface area contributed by atoms with E-state index in [4.69, 9.17) is 0 Å². The van der Waals surface area contributed by atoms with E-state index in [0.29, 0.717) is 0 Å². The van der Waals surface area contributed by atoms with E-state index in [0.717, 1.165) is 45.3 Å². The number of benzene rings is 9. The second kappa shape index (κ2) is 15.9. The van der Waals surface area contributed by atoms with Crippen molar-refractivity contribution in [2.24, 2.45) is 0 Å². The second-order valence-corrected chi connectivity index (χ2v) is 13.9. The number of rotatable bonds is 10. The molecule has 2 nitrogen and oxygen atoms in total. The zero-order chi connectivity index (χ0) is 37.5. The first kappa shape index (κ1) is 34.4. The summed E-state index contributed by atoms with van der Waals surface area (Å²) in [6, 6.07) is 82.1. The van der Waals surface area contributed by atoms with E-state index in [-0.39, 0.29) is 0 Å². The molecule has 266 valence electrons. The van der Waals surface area contributed by atoms with E-state index in [1.54, 1.807) is 0 Å². The summed E-state index contributed by atoms with van der Waals surface area (Å²) in [6.07, 6.45) is 4.36. The Morgan fingerprint density at radius 2 is 0.554 bits per heavy atom. The molecule has 0 fully saturated rings. The van der Waals surface area contributed by atoms with Crippen LogP contribution in [0, 0.1) is 0 Å². The summed E-state index contributed by atoms with van der Waals surface area (Å²) >= 11 is 0. The number of para-hydroxylation sites is 2. The summed E-state index contributed by atoms with van der Waals surface area (Å²) < 4.78 is 0. The van der Waals surface area contributed by atoms with Crippen LogP contribution in [0.1, 0.15) is 11.1 Å². The lowest BCUT2D eigenvalue weighted by Gasteiger charge is -2.26. The highest BCUT2D eigenvalue weighted by molar-refractivity contribution is 5.90. The minimum absolute atomic E-state index is 1.11. The van der Waals surface area contributed by atoms with Gasteiger partial charge in [-0.2, -0.15) is 0 Å². The van der Waals surface area contributed by atoms with E-state index in [9.17, 15) is 0 Å². The molecule has 0 radical (unpaired) electrons. The Labute approximate surface area is 329 Å². The van der Waals surface area contributed by atoms with Crippen molar-refractivity contribution in [1.82, 2.24) is 0 Å². The van der Waals surface area contributed by atoms with E-state index >= 15 is 0 Å². The summed E-state index contributed by atoms with van der Waals surface area (Å²) in [5.74, 6) is 0. The van der Waals surface area contributed by atoms with Crippen molar-refractivity contribution < 1.29 is 0 Å². The van der Waals surface area contributed by atoms with Crippen LogP contribution in [0.4, 0.5) is 34.1 Å². The van der Waals surface area contributed by atoms with Crippen LogP contribution in [0.25, 0.3) is 45.2 Å². The molecular formula is C54H40N2. The van der Waals surface area contributed by atoms with Gasteiger partial charge in [0.25, 0.3) is 0 Å². The highest BCUT2D eigenvalue weighted by Crippen LogP contribution is 2.38. The Hall–Kier alpha value is -7.42. The fourth-order valence-electron chi connectivity index (χ4n) is 7.31. The molecule has 9 rings (SSSR count). The number of hydrogen-bond donors (Lipinski definition) is 0. The predicted molar refractivity (Wildman–Crippen MR) is 240 cm³/mol. The molecule has 2 heteroatoms. The van der Waals surface area contributed by atoms with Crippen LogP contribution in [0.15, 0.2) is 231 Å². The normalized spacial score (nSPS) is 11.1. The zero-order valence-corrected chi connectivity index (χ0v) is 31.0. The van der Waals surface area contributed by atoms with Gasteiger partial charge in [-0.3, -0.25) is 0 Å². The van der Waals surface area contributed by atoms with Gasteiger partial charge in [0, 0.05) is 34.1 Å². The molecule has 0 saturated carbocycles. The number of nitrogens with zero attached hydrogens (tertiary/aromatic N) is 2. The Balaban J connectivity index is 0.938. The van der Waals surface area contributed by atoms with Crippen molar-refractivity contribution in [3.63, 3.8) is 0 Å². The average molecular weight is 717 g/mol. The molecule has 0 unspecified atom stereocenters. The maximum atomic E-state index is 2.34. The maximum Gasteiger partial charge on any atom is 0.0468 e. The molecule has 0 aliphatic heterocycles. The molecular weight excluding hydrogens is 677 g/mol. The molecule has 0 amide bonds. The molecule has 56 heavy (non-hydrogen) atoms. The molecule has 0 atom stereocenters. The van der Waals surface area contributed by atoms with Crippen LogP contribution < -0.4 is 9.80 Å². The van der Waals surface area contributed by atoms with Crippen LogP contribution in [0.3, 0.4) is 0 Å². The molecule has 0 heterocycles. The highest BCUT2D eigenvalue weighted by atomic mass is 15.1. The largest absolute Gasteiger partial charge is 0.311 e. The molecule has 0 aromatic heterocycles. The molecule has 0 saturated heterocycles. The van der Waals surface area contributed by atoms with E-state index in [1.807, 2.05) is 0 Å². The summed E-state index contributed by atoms with van der Waals surface area (Å²) in [7, 11) is 0. The van der Waals surface area contributed by atoms with E-state index in [1.165, 1.54) is 33.0 Å². The van der Waals surface area contributed by atoms with Crippen molar-refractivity contribution in [2.75, 3.05) is 9.80 Å². The molecule has 0 aliphatic rings. The van der Waals surface area contributed by atoms with Gasteiger partial charge < -0.3 is 9.80 Å². The van der Waals surface area contributed by atoms with Crippen LogP contribution >= 0.6 is 0 Å². The Morgan fingerprint density at radius 3 is 1.05 bits per heavy atom. The topological polar surface area (TPSA) is 6.48 Å². The third-order valence-corrected chi connectivity index (χ3v) is 10.2. The van der Waals surface area contributed by atoms with Crippen LogP contribution in [-0.2, 0) is 0 Å². The number of fused-ring (bicyclic) bond motifs is 1. The summed E-state index contributed by atoms with van der Waals surface area (Å²) in [5.41, 5.74) is 13.8. The lowest BCUT2D eigenvalue weighted by atomic mass is 10.0. The van der Waals surface area contributed by atoms with Crippen LogP contribution in [0.5, 0.6) is 0 Å². The Bertz CT molecular complexity index is 2650. The number of anilines is 6. The molecule has 0 N–H and O–H groups in total. The Kier molecular flexibility index (Phi) is 9.75. The van der Waals surface area contributed by atoms with Gasteiger partial charge >= 0.3 is 0 Å². The van der Waals surface area contributed by atoms with Gasteiger partial charge in [-0.05, 0) is 117 Å². The molecule has 0 aliphatic carbocycles. The summed E-state index contributed by atoms with van der Waals surface area (Å²) in [4.78, 5) is 4.62. The monoisotopic (exact) mass is 716 g/mol. The minimum Gasteiger partial charge on any atom is -0.311 e. The molecule has 9 aromatic rings. The van der Waals surface area contributed by atoms with Gasteiger partial charge in [0.05, 0.1) is 0 Å². The number of hydrogen-bond acceptors (Lipinski definition) is 2.